The Balaban J connectivity index is 4.77. The highest BCUT2D eigenvalue weighted by Crippen LogP contribution is 2.32. The van der Waals surface area contributed by atoms with E-state index in [0.29, 0.717) is 31.1 Å². The van der Waals surface area contributed by atoms with Gasteiger partial charge in [-0.25, -0.2) is 0 Å². The molecule has 7 nitrogen and oxygen atoms in total. The van der Waals surface area contributed by atoms with E-state index in [1.54, 1.807) is 13.8 Å². The summed E-state index contributed by atoms with van der Waals surface area (Å²) in [4.78, 5) is 35.9. The van der Waals surface area contributed by atoms with Gasteiger partial charge in [-0.2, -0.15) is 11.8 Å². The van der Waals surface area contributed by atoms with Crippen LogP contribution in [-0.4, -0.2) is 56.3 Å². The first-order valence-electron chi connectivity index (χ1n) is 9.08. The monoisotopic (exact) mass is 392 g/mol. The molecular weight excluding hydrogens is 358 g/mol. The van der Waals surface area contributed by atoms with Crippen LogP contribution in [0.15, 0.2) is 0 Å². The summed E-state index contributed by atoms with van der Waals surface area (Å²) in [6.07, 6.45) is 2.39. The second kappa shape index (κ2) is 13.9. The predicted molar refractivity (Wildman–Crippen MR) is 100 cm³/mol. The summed E-state index contributed by atoms with van der Waals surface area (Å²) < 4.78 is 15.1. The van der Waals surface area contributed by atoms with Gasteiger partial charge in [0.2, 0.25) is 0 Å². The van der Waals surface area contributed by atoms with Crippen LogP contribution in [0.4, 0.5) is 0 Å². The second-order valence-corrected chi connectivity index (χ2v) is 7.66. The van der Waals surface area contributed by atoms with Gasteiger partial charge in [0, 0.05) is 11.5 Å². The van der Waals surface area contributed by atoms with Crippen molar-refractivity contribution in [2.45, 2.75) is 46.5 Å². The number of esters is 3. The molecule has 0 aliphatic heterocycles. The molecule has 0 aromatic rings. The van der Waals surface area contributed by atoms with Crippen molar-refractivity contribution in [2.24, 2.45) is 11.3 Å². The van der Waals surface area contributed by atoms with Crippen LogP contribution in [0.5, 0.6) is 0 Å². The fraction of sp³-hybridized carbons (Fsp3) is 0.833. The summed E-state index contributed by atoms with van der Waals surface area (Å²) in [5, 5.41) is 0. The highest BCUT2D eigenvalue weighted by atomic mass is 32.2. The van der Waals surface area contributed by atoms with Crippen molar-refractivity contribution in [3.05, 3.63) is 0 Å². The molecule has 26 heavy (non-hydrogen) atoms. The SMILES string of the molecule is CCCCOC(=O)C(C)CC(C)(CSCCC(=O)OC)C(=O)OCC[NH3+]. The van der Waals surface area contributed by atoms with Crippen LogP contribution in [-0.2, 0) is 28.6 Å². The molecule has 0 fully saturated rings. The number of methoxy groups -OCH3 is 1. The third-order valence-electron chi connectivity index (χ3n) is 3.87. The van der Waals surface area contributed by atoms with Crippen LogP contribution in [0.2, 0.25) is 0 Å². The standard InChI is InChI=1S/C18H33NO6S/c1-5-6-9-24-16(21)14(2)12-18(3,17(22)25-10-8-19)13-26-11-7-15(20)23-4/h14H,5-13,19H2,1-4H3/p+1. The van der Waals surface area contributed by atoms with E-state index in [0.717, 1.165) is 12.8 Å². The summed E-state index contributed by atoms with van der Waals surface area (Å²) in [5.74, 6) is -0.349. The number of hydrogen-bond acceptors (Lipinski definition) is 7. The summed E-state index contributed by atoms with van der Waals surface area (Å²) in [7, 11) is 1.35. The normalized spacial score (nSPS) is 14.2. The molecule has 0 spiro atoms. The largest absolute Gasteiger partial charge is 0.469 e. The van der Waals surface area contributed by atoms with Crippen molar-refractivity contribution in [1.82, 2.24) is 0 Å². The molecule has 0 aromatic carbocycles. The van der Waals surface area contributed by atoms with Gasteiger partial charge in [0.15, 0.2) is 0 Å². The lowest BCUT2D eigenvalue weighted by atomic mass is 9.83. The highest BCUT2D eigenvalue weighted by Gasteiger charge is 2.38. The van der Waals surface area contributed by atoms with Gasteiger partial charge in [-0.3, -0.25) is 14.4 Å². The maximum Gasteiger partial charge on any atom is 0.312 e. The molecule has 0 heterocycles. The Hall–Kier alpha value is -1.28. The molecule has 8 heteroatoms. The lowest BCUT2D eigenvalue weighted by molar-refractivity contribution is -0.372. The van der Waals surface area contributed by atoms with Gasteiger partial charge >= 0.3 is 17.9 Å². The minimum absolute atomic E-state index is 0.247. The Morgan fingerprint density at radius 2 is 1.88 bits per heavy atom. The maximum atomic E-state index is 12.5. The van der Waals surface area contributed by atoms with Crippen molar-refractivity contribution in [3.63, 3.8) is 0 Å². The van der Waals surface area contributed by atoms with Crippen molar-refractivity contribution in [1.29, 1.82) is 0 Å². The third-order valence-corrected chi connectivity index (χ3v) is 5.20. The Morgan fingerprint density at radius 1 is 1.19 bits per heavy atom. The Labute approximate surface area is 160 Å². The van der Waals surface area contributed by atoms with Crippen molar-refractivity contribution < 1.29 is 34.3 Å². The third kappa shape index (κ3) is 10.0. The zero-order valence-electron chi connectivity index (χ0n) is 16.5. The minimum atomic E-state index is -0.834. The highest BCUT2D eigenvalue weighted by molar-refractivity contribution is 7.99. The Bertz CT molecular complexity index is 445. The molecule has 0 aliphatic carbocycles. The van der Waals surface area contributed by atoms with Gasteiger partial charge < -0.3 is 19.9 Å². The maximum absolute atomic E-state index is 12.5. The van der Waals surface area contributed by atoms with Crippen LogP contribution >= 0.6 is 11.8 Å². The first-order valence-corrected chi connectivity index (χ1v) is 10.2. The molecule has 3 N–H and O–H groups in total. The fourth-order valence-corrected chi connectivity index (χ4v) is 3.46. The van der Waals surface area contributed by atoms with Crippen LogP contribution in [0, 0.1) is 11.3 Å². The van der Waals surface area contributed by atoms with Gasteiger partial charge in [-0.15, -0.1) is 0 Å². The molecule has 0 saturated carbocycles. The zero-order chi connectivity index (χ0) is 20.0. The number of carbonyl (C=O) groups is 3. The van der Waals surface area contributed by atoms with Gasteiger partial charge in [-0.05, 0) is 19.8 Å². The van der Waals surface area contributed by atoms with E-state index in [-0.39, 0.29) is 30.9 Å². The van der Waals surface area contributed by atoms with E-state index >= 15 is 0 Å². The van der Waals surface area contributed by atoms with Crippen molar-refractivity contribution in [2.75, 3.05) is 38.4 Å². The lowest BCUT2D eigenvalue weighted by Gasteiger charge is -2.29. The van der Waals surface area contributed by atoms with Gasteiger partial charge in [0.1, 0.15) is 13.2 Å². The number of ether oxygens (including phenoxy) is 3. The Kier molecular flexibility index (Phi) is 13.2. The molecule has 0 aliphatic rings. The number of thioether (sulfide) groups is 1. The fourth-order valence-electron chi connectivity index (χ4n) is 2.31. The van der Waals surface area contributed by atoms with Crippen molar-refractivity contribution in [3.8, 4) is 0 Å². The summed E-state index contributed by atoms with van der Waals surface area (Å²) >= 11 is 1.47. The molecule has 0 saturated heterocycles. The van der Waals surface area contributed by atoms with Crippen LogP contribution in [0.3, 0.4) is 0 Å². The average Bonchev–Trinajstić information content (AvgIpc) is 2.62. The number of carbonyl (C=O) groups excluding carboxylic acids is 3. The average molecular weight is 393 g/mol. The van der Waals surface area contributed by atoms with Gasteiger partial charge in [-0.1, -0.05) is 20.3 Å². The molecule has 0 bridgehead atoms. The molecule has 0 aromatic heterocycles. The van der Waals surface area contributed by atoms with Crippen molar-refractivity contribution >= 4 is 29.7 Å². The molecule has 2 atom stereocenters. The van der Waals surface area contributed by atoms with E-state index in [1.165, 1.54) is 18.9 Å². The molecule has 0 radical (unpaired) electrons. The minimum Gasteiger partial charge on any atom is -0.469 e. The van der Waals surface area contributed by atoms with Crippen LogP contribution in [0.25, 0.3) is 0 Å². The molecule has 2 unspecified atom stereocenters. The first-order chi connectivity index (χ1) is 12.3. The Morgan fingerprint density at radius 3 is 2.46 bits per heavy atom. The van der Waals surface area contributed by atoms with Crippen LogP contribution < -0.4 is 5.73 Å². The van der Waals surface area contributed by atoms with Crippen LogP contribution in [0.1, 0.15) is 46.5 Å². The van der Waals surface area contributed by atoms with E-state index in [1.807, 2.05) is 6.92 Å². The molecular formula is C18H34NO6S+. The number of rotatable bonds is 14. The van der Waals surface area contributed by atoms with E-state index in [2.05, 4.69) is 10.5 Å². The molecule has 152 valence electrons. The smallest absolute Gasteiger partial charge is 0.312 e. The second-order valence-electron chi connectivity index (χ2n) is 6.56. The first kappa shape index (κ1) is 24.7. The summed E-state index contributed by atoms with van der Waals surface area (Å²) in [6, 6.07) is 0. The topological polar surface area (TPSA) is 107 Å². The number of unbranched alkanes of at least 4 members (excludes halogenated alkanes) is 1. The van der Waals surface area contributed by atoms with Gasteiger partial charge in [0.05, 0.1) is 31.5 Å². The zero-order valence-corrected chi connectivity index (χ0v) is 17.3. The van der Waals surface area contributed by atoms with Gasteiger partial charge in [0.25, 0.3) is 0 Å². The number of hydrogen-bond donors (Lipinski definition) is 1. The predicted octanol–water partition coefficient (Wildman–Crippen LogP) is 1.44. The summed E-state index contributed by atoms with van der Waals surface area (Å²) in [6.45, 7) is 6.72. The lowest BCUT2D eigenvalue weighted by Crippen LogP contribution is -2.53. The molecule has 0 amide bonds. The molecule has 0 rings (SSSR count). The number of quaternary nitrogens is 1. The van der Waals surface area contributed by atoms with E-state index in [9.17, 15) is 14.4 Å². The summed E-state index contributed by atoms with van der Waals surface area (Å²) in [5.41, 5.74) is 2.83. The van der Waals surface area contributed by atoms with E-state index < -0.39 is 11.3 Å². The van der Waals surface area contributed by atoms with E-state index in [4.69, 9.17) is 9.47 Å². The quantitative estimate of drug-likeness (QED) is 0.271.